The number of nitrogens with one attached hydrogen (secondary N) is 1. The molecule has 0 bridgehead atoms. The maximum atomic E-state index is 13.5. The average Bonchev–Trinajstić information content (AvgIpc) is 2.74. The van der Waals surface area contributed by atoms with Crippen LogP contribution in [0.5, 0.6) is 5.75 Å². The van der Waals surface area contributed by atoms with E-state index in [2.05, 4.69) is 12.2 Å². The minimum atomic E-state index is -3.96. The zero-order valence-electron chi connectivity index (χ0n) is 17.8. The Balaban J connectivity index is 1.93. The maximum absolute atomic E-state index is 13.5. The Bertz CT molecular complexity index is 973. The lowest BCUT2D eigenvalue weighted by atomic mass is 9.86. The first-order valence-electron chi connectivity index (χ1n) is 10.3. The number of carbonyl (C=O) groups excluding carboxylic acids is 1. The number of rotatable bonds is 7. The topological polar surface area (TPSA) is 75.7 Å². The molecule has 162 valence electrons. The van der Waals surface area contributed by atoms with Gasteiger partial charge in [-0.05, 0) is 49.9 Å². The van der Waals surface area contributed by atoms with Gasteiger partial charge in [0.2, 0.25) is 5.91 Å². The molecule has 0 aromatic heterocycles. The lowest BCUT2D eigenvalue weighted by Crippen LogP contribution is -2.47. The van der Waals surface area contributed by atoms with Gasteiger partial charge in [-0.1, -0.05) is 49.6 Å². The minimum Gasteiger partial charge on any atom is -0.495 e. The minimum absolute atomic E-state index is 0.0767. The predicted molar refractivity (Wildman–Crippen MR) is 118 cm³/mol. The molecule has 30 heavy (non-hydrogen) atoms. The van der Waals surface area contributed by atoms with Crippen LogP contribution in [-0.4, -0.2) is 34.0 Å². The standard InChI is InChI=1S/C23H30N2O4S/c1-17-12-14-19(15-13-17)30(27,28)25(21-10-6-7-11-22(21)29-3)16-23(26)24-20-9-5-4-8-18(20)2/h6-7,10-15,18,20H,4-5,8-9,16H2,1-3H3,(H,24,26)/t18-,20+/m0/s1. The number of sulfonamides is 1. The number of aryl methyl sites for hydroxylation is 1. The summed E-state index contributed by atoms with van der Waals surface area (Å²) in [6.07, 6.45) is 4.24. The largest absolute Gasteiger partial charge is 0.495 e. The highest BCUT2D eigenvalue weighted by Gasteiger charge is 2.31. The van der Waals surface area contributed by atoms with Crippen molar-refractivity contribution in [2.24, 2.45) is 5.92 Å². The molecule has 2 atom stereocenters. The van der Waals surface area contributed by atoms with Crippen LogP contribution in [0.4, 0.5) is 5.69 Å². The van der Waals surface area contributed by atoms with Gasteiger partial charge >= 0.3 is 0 Å². The van der Waals surface area contributed by atoms with Crippen LogP contribution in [0.1, 0.15) is 38.2 Å². The first-order chi connectivity index (χ1) is 14.3. The van der Waals surface area contributed by atoms with E-state index in [-0.39, 0.29) is 23.4 Å². The summed E-state index contributed by atoms with van der Waals surface area (Å²) >= 11 is 0. The second kappa shape index (κ2) is 9.51. The van der Waals surface area contributed by atoms with Gasteiger partial charge in [0.05, 0.1) is 17.7 Å². The summed E-state index contributed by atoms with van der Waals surface area (Å²) in [5.74, 6) is 0.471. The van der Waals surface area contributed by atoms with E-state index in [0.29, 0.717) is 17.4 Å². The monoisotopic (exact) mass is 430 g/mol. The molecule has 0 heterocycles. The van der Waals surface area contributed by atoms with Crippen LogP contribution in [0, 0.1) is 12.8 Å². The maximum Gasteiger partial charge on any atom is 0.264 e. The number of carbonyl (C=O) groups is 1. The molecule has 1 amide bonds. The quantitative estimate of drug-likeness (QED) is 0.723. The molecule has 0 spiro atoms. The van der Waals surface area contributed by atoms with E-state index in [1.54, 1.807) is 48.5 Å². The molecule has 1 N–H and O–H groups in total. The van der Waals surface area contributed by atoms with Gasteiger partial charge in [0.1, 0.15) is 12.3 Å². The summed E-state index contributed by atoms with van der Waals surface area (Å²) in [5, 5.41) is 3.05. The van der Waals surface area contributed by atoms with E-state index in [0.717, 1.165) is 29.1 Å². The van der Waals surface area contributed by atoms with Gasteiger partial charge in [-0.3, -0.25) is 9.10 Å². The van der Waals surface area contributed by atoms with Gasteiger partial charge in [0.25, 0.3) is 10.0 Å². The van der Waals surface area contributed by atoms with E-state index < -0.39 is 10.0 Å². The van der Waals surface area contributed by atoms with E-state index in [4.69, 9.17) is 4.74 Å². The van der Waals surface area contributed by atoms with E-state index in [1.807, 2.05) is 6.92 Å². The lowest BCUT2D eigenvalue weighted by Gasteiger charge is -2.31. The zero-order chi connectivity index (χ0) is 21.7. The van der Waals surface area contributed by atoms with Crippen LogP contribution in [0.15, 0.2) is 53.4 Å². The molecule has 1 fully saturated rings. The van der Waals surface area contributed by atoms with E-state index in [9.17, 15) is 13.2 Å². The zero-order valence-corrected chi connectivity index (χ0v) is 18.6. The highest BCUT2D eigenvalue weighted by atomic mass is 32.2. The van der Waals surface area contributed by atoms with Gasteiger partial charge in [-0.15, -0.1) is 0 Å². The van der Waals surface area contributed by atoms with Crippen LogP contribution in [0.25, 0.3) is 0 Å². The number of methoxy groups -OCH3 is 1. The number of anilines is 1. The number of hydrogen-bond acceptors (Lipinski definition) is 4. The molecule has 1 saturated carbocycles. The molecule has 7 heteroatoms. The van der Waals surface area contributed by atoms with Crippen LogP contribution in [-0.2, 0) is 14.8 Å². The molecule has 2 aromatic rings. The second-order valence-electron chi connectivity index (χ2n) is 7.93. The predicted octanol–water partition coefficient (Wildman–Crippen LogP) is 3.89. The number of nitrogens with zero attached hydrogens (tertiary/aromatic N) is 1. The van der Waals surface area contributed by atoms with Crippen LogP contribution in [0.3, 0.4) is 0 Å². The third-order valence-corrected chi connectivity index (χ3v) is 7.48. The molecule has 3 rings (SSSR count). The highest BCUT2D eigenvalue weighted by Crippen LogP contribution is 2.32. The molecule has 1 aliphatic carbocycles. The number of benzene rings is 2. The molecule has 0 saturated heterocycles. The molecule has 1 aliphatic rings. The highest BCUT2D eigenvalue weighted by molar-refractivity contribution is 7.92. The lowest BCUT2D eigenvalue weighted by molar-refractivity contribution is -0.120. The summed E-state index contributed by atoms with van der Waals surface area (Å²) in [5.41, 5.74) is 1.30. The fraction of sp³-hybridized carbons (Fsp3) is 0.435. The smallest absolute Gasteiger partial charge is 0.264 e. The fourth-order valence-corrected chi connectivity index (χ4v) is 5.32. The van der Waals surface area contributed by atoms with E-state index in [1.165, 1.54) is 13.5 Å². The van der Waals surface area contributed by atoms with Gasteiger partial charge in [-0.2, -0.15) is 0 Å². The third-order valence-electron chi connectivity index (χ3n) is 5.71. The third kappa shape index (κ3) is 4.95. The summed E-state index contributed by atoms with van der Waals surface area (Å²) in [7, 11) is -2.47. The number of ether oxygens (including phenoxy) is 1. The first kappa shape index (κ1) is 22.2. The molecule has 0 unspecified atom stereocenters. The Labute approximate surface area is 179 Å². The van der Waals surface area contributed by atoms with Gasteiger partial charge in [0.15, 0.2) is 0 Å². The Morgan fingerprint density at radius 2 is 1.77 bits per heavy atom. The van der Waals surface area contributed by atoms with Crippen LogP contribution >= 0.6 is 0 Å². The van der Waals surface area contributed by atoms with Crippen molar-refractivity contribution in [1.82, 2.24) is 5.32 Å². The second-order valence-corrected chi connectivity index (χ2v) is 9.79. The SMILES string of the molecule is COc1ccccc1N(CC(=O)N[C@@H]1CCCC[C@@H]1C)S(=O)(=O)c1ccc(C)cc1. The van der Waals surface area contributed by atoms with Crippen LogP contribution < -0.4 is 14.4 Å². The van der Waals surface area contributed by atoms with Gasteiger partial charge in [0, 0.05) is 6.04 Å². The normalized spacial score (nSPS) is 19.2. The molecular formula is C23H30N2O4S. The molecule has 2 aromatic carbocycles. The summed E-state index contributed by atoms with van der Waals surface area (Å²) in [4.78, 5) is 13.1. The van der Waals surface area contributed by atoms with Gasteiger partial charge in [-0.25, -0.2) is 8.42 Å². The summed E-state index contributed by atoms with van der Waals surface area (Å²) < 4.78 is 33.5. The van der Waals surface area contributed by atoms with Gasteiger partial charge < -0.3 is 10.1 Å². The Kier molecular flexibility index (Phi) is 7.02. The Morgan fingerprint density at radius 1 is 1.10 bits per heavy atom. The van der Waals surface area contributed by atoms with Crippen molar-refractivity contribution in [1.29, 1.82) is 0 Å². The Hall–Kier alpha value is -2.54. The number of amides is 1. The Morgan fingerprint density at radius 3 is 2.43 bits per heavy atom. The number of hydrogen-bond donors (Lipinski definition) is 1. The van der Waals surface area contributed by atoms with Crippen molar-refractivity contribution in [2.75, 3.05) is 18.0 Å². The van der Waals surface area contributed by atoms with Crippen LogP contribution in [0.2, 0.25) is 0 Å². The van der Waals surface area contributed by atoms with Crippen molar-refractivity contribution in [3.8, 4) is 5.75 Å². The van der Waals surface area contributed by atoms with Crippen molar-refractivity contribution < 1.29 is 17.9 Å². The van der Waals surface area contributed by atoms with Crippen molar-refractivity contribution >= 4 is 21.6 Å². The summed E-state index contributed by atoms with van der Waals surface area (Å²) in [6, 6.07) is 13.5. The van der Waals surface area contributed by atoms with Crippen molar-refractivity contribution in [3.05, 3.63) is 54.1 Å². The van der Waals surface area contributed by atoms with Crippen molar-refractivity contribution in [2.45, 2.75) is 50.5 Å². The number of para-hydroxylation sites is 2. The first-order valence-corrected chi connectivity index (χ1v) is 11.8. The average molecular weight is 431 g/mol. The molecule has 0 radical (unpaired) electrons. The fourth-order valence-electron chi connectivity index (χ4n) is 3.89. The molecule has 6 nitrogen and oxygen atoms in total. The molecule has 0 aliphatic heterocycles. The van der Waals surface area contributed by atoms with Crippen molar-refractivity contribution in [3.63, 3.8) is 0 Å². The summed E-state index contributed by atoms with van der Waals surface area (Å²) in [6.45, 7) is 3.72. The van der Waals surface area contributed by atoms with E-state index >= 15 is 0 Å². The molecular weight excluding hydrogens is 400 g/mol.